The van der Waals surface area contributed by atoms with Crippen LogP contribution in [0, 0.1) is 0 Å². The monoisotopic (exact) mass is 279 g/mol. The van der Waals surface area contributed by atoms with E-state index >= 15 is 0 Å². The lowest BCUT2D eigenvalue weighted by Crippen LogP contribution is -2.11. The number of alkyl halides is 2. The summed E-state index contributed by atoms with van der Waals surface area (Å²) in [6.07, 6.45) is -2.17. The highest BCUT2D eigenvalue weighted by atomic mass is 35.5. The molecule has 0 N–H and O–H groups in total. The number of aromatic nitrogens is 1. The van der Waals surface area contributed by atoms with Gasteiger partial charge in [0.15, 0.2) is 0 Å². The van der Waals surface area contributed by atoms with Crippen molar-refractivity contribution in [2.24, 2.45) is 0 Å². The van der Waals surface area contributed by atoms with Crippen LogP contribution in [0.15, 0.2) is 6.20 Å². The molecule has 0 atom stereocenters. The molecule has 0 saturated heterocycles. The van der Waals surface area contributed by atoms with Crippen molar-refractivity contribution in [3.05, 3.63) is 22.3 Å². The second-order valence-electron chi connectivity index (χ2n) is 3.30. The Balaban J connectivity index is 3.15. The van der Waals surface area contributed by atoms with E-state index in [4.69, 9.17) is 21.1 Å². The molecule has 1 rings (SSSR count). The smallest absolute Gasteiger partial charge is 0.310 e. The average Bonchev–Trinajstić information content (AvgIpc) is 2.31. The van der Waals surface area contributed by atoms with Gasteiger partial charge in [0.1, 0.15) is 5.02 Å². The topological polar surface area (TPSA) is 48.4 Å². The summed E-state index contributed by atoms with van der Waals surface area (Å²) < 4.78 is 35.1. The number of carbonyl (C=O) groups excluding carboxylic acids is 1. The highest BCUT2D eigenvalue weighted by molar-refractivity contribution is 6.32. The summed E-state index contributed by atoms with van der Waals surface area (Å²) in [5, 5.41) is -0.0941. The van der Waals surface area contributed by atoms with Crippen LogP contribution in [0.25, 0.3) is 0 Å². The maximum absolute atomic E-state index is 12.8. The van der Waals surface area contributed by atoms with Gasteiger partial charge in [-0.1, -0.05) is 11.6 Å². The maximum atomic E-state index is 12.8. The number of pyridine rings is 1. The Bertz CT molecular complexity index is 441. The Morgan fingerprint density at radius 1 is 1.56 bits per heavy atom. The minimum absolute atomic E-state index is 0.000338. The second kappa shape index (κ2) is 6.49. The second-order valence-corrected chi connectivity index (χ2v) is 3.68. The fourth-order valence-corrected chi connectivity index (χ4v) is 1.69. The minimum Gasteiger partial charge on any atom is -0.480 e. The summed E-state index contributed by atoms with van der Waals surface area (Å²) in [6, 6.07) is 0. The molecular formula is C11H12ClF2NO3. The third-order valence-electron chi connectivity index (χ3n) is 2.18. The van der Waals surface area contributed by atoms with E-state index in [9.17, 15) is 13.6 Å². The van der Waals surface area contributed by atoms with Crippen LogP contribution in [0.3, 0.4) is 0 Å². The third kappa shape index (κ3) is 3.29. The van der Waals surface area contributed by atoms with E-state index in [1.54, 1.807) is 6.92 Å². The molecule has 1 aromatic heterocycles. The van der Waals surface area contributed by atoms with Gasteiger partial charge in [-0.2, -0.15) is 0 Å². The van der Waals surface area contributed by atoms with Gasteiger partial charge in [-0.05, 0) is 12.5 Å². The molecule has 0 spiro atoms. The fourth-order valence-electron chi connectivity index (χ4n) is 1.38. The SMILES string of the molecule is CCOC(=O)Cc1c(C(F)F)cnc(OC)c1Cl. The van der Waals surface area contributed by atoms with Crippen molar-refractivity contribution in [3.8, 4) is 5.88 Å². The quantitative estimate of drug-likeness (QED) is 0.778. The van der Waals surface area contributed by atoms with E-state index in [0.29, 0.717) is 0 Å². The lowest BCUT2D eigenvalue weighted by Gasteiger charge is -2.12. The summed E-state index contributed by atoms with van der Waals surface area (Å²) in [4.78, 5) is 15.0. The number of carbonyl (C=O) groups is 1. The maximum Gasteiger partial charge on any atom is 0.310 e. The Morgan fingerprint density at radius 3 is 2.72 bits per heavy atom. The minimum atomic E-state index is -2.77. The van der Waals surface area contributed by atoms with E-state index < -0.39 is 18.0 Å². The number of hydrogen-bond donors (Lipinski definition) is 0. The summed E-state index contributed by atoms with van der Waals surface area (Å²) in [5.74, 6) is -0.630. The van der Waals surface area contributed by atoms with Crippen molar-refractivity contribution in [2.45, 2.75) is 19.8 Å². The van der Waals surface area contributed by atoms with Crippen molar-refractivity contribution in [1.82, 2.24) is 4.98 Å². The zero-order valence-electron chi connectivity index (χ0n) is 9.87. The van der Waals surface area contributed by atoms with Gasteiger partial charge in [-0.25, -0.2) is 13.8 Å². The van der Waals surface area contributed by atoms with Gasteiger partial charge in [-0.3, -0.25) is 4.79 Å². The average molecular weight is 280 g/mol. The molecule has 0 unspecified atom stereocenters. The number of nitrogens with zero attached hydrogens (tertiary/aromatic N) is 1. The molecule has 4 nitrogen and oxygen atoms in total. The first-order chi connectivity index (χ1) is 8.51. The molecule has 0 aliphatic heterocycles. The van der Waals surface area contributed by atoms with Crippen LogP contribution < -0.4 is 4.74 Å². The van der Waals surface area contributed by atoms with Crippen molar-refractivity contribution >= 4 is 17.6 Å². The molecule has 0 fully saturated rings. The predicted molar refractivity (Wildman–Crippen MR) is 61.1 cm³/mol. The van der Waals surface area contributed by atoms with Gasteiger partial charge < -0.3 is 9.47 Å². The molecule has 0 bridgehead atoms. The highest BCUT2D eigenvalue weighted by Crippen LogP contribution is 2.33. The number of halogens is 3. The van der Waals surface area contributed by atoms with Crippen LogP contribution in [-0.4, -0.2) is 24.7 Å². The molecule has 7 heteroatoms. The molecule has 18 heavy (non-hydrogen) atoms. The third-order valence-corrected chi connectivity index (χ3v) is 2.57. The van der Waals surface area contributed by atoms with Crippen LogP contribution in [-0.2, 0) is 16.0 Å². The molecule has 1 heterocycles. The molecule has 1 aromatic rings. The zero-order valence-corrected chi connectivity index (χ0v) is 10.6. The van der Waals surface area contributed by atoms with Gasteiger partial charge >= 0.3 is 5.97 Å². The number of ether oxygens (including phenoxy) is 2. The van der Waals surface area contributed by atoms with E-state index in [2.05, 4.69) is 4.98 Å². The van der Waals surface area contributed by atoms with Crippen LogP contribution in [0.5, 0.6) is 5.88 Å². The molecule has 0 aliphatic rings. The van der Waals surface area contributed by atoms with Gasteiger partial charge in [0.05, 0.1) is 20.1 Å². The molecule has 0 radical (unpaired) electrons. The number of hydrogen-bond acceptors (Lipinski definition) is 4. The molecule has 100 valence electrons. The standard InChI is InChI=1S/C11H12ClF2NO3/c1-3-18-8(16)4-6-7(10(13)14)5-15-11(17-2)9(6)12/h5,10H,3-4H2,1-2H3. The van der Waals surface area contributed by atoms with Gasteiger partial charge in [0.2, 0.25) is 5.88 Å². The van der Waals surface area contributed by atoms with E-state index in [0.717, 1.165) is 6.20 Å². The first kappa shape index (κ1) is 14.6. The lowest BCUT2D eigenvalue weighted by atomic mass is 10.1. The zero-order chi connectivity index (χ0) is 13.7. The largest absolute Gasteiger partial charge is 0.480 e. The van der Waals surface area contributed by atoms with E-state index in [-0.39, 0.29) is 29.5 Å². The first-order valence-electron chi connectivity index (χ1n) is 5.16. The number of esters is 1. The summed E-state index contributed by atoms with van der Waals surface area (Å²) in [7, 11) is 1.31. The van der Waals surface area contributed by atoms with Gasteiger partial charge in [0.25, 0.3) is 6.43 Å². The van der Waals surface area contributed by atoms with Crippen molar-refractivity contribution in [1.29, 1.82) is 0 Å². The summed E-state index contributed by atoms with van der Waals surface area (Å²) in [6.45, 7) is 1.79. The van der Waals surface area contributed by atoms with Gasteiger partial charge in [-0.15, -0.1) is 0 Å². The fraction of sp³-hybridized carbons (Fsp3) is 0.455. The Hall–Kier alpha value is -1.43. The number of rotatable bonds is 5. The van der Waals surface area contributed by atoms with Crippen molar-refractivity contribution in [2.75, 3.05) is 13.7 Å². The summed E-state index contributed by atoms with van der Waals surface area (Å²) >= 11 is 5.87. The van der Waals surface area contributed by atoms with Gasteiger partial charge in [0, 0.05) is 11.8 Å². The predicted octanol–water partition coefficient (Wildman–Crippen LogP) is 2.79. The van der Waals surface area contributed by atoms with E-state index in [1.807, 2.05) is 0 Å². The van der Waals surface area contributed by atoms with Crippen LogP contribution in [0.4, 0.5) is 8.78 Å². The Morgan fingerprint density at radius 2 is 2.22 bits per heavy atom. The molecule has 0 aromatic carbocycles. The normalized spacial score (nSPS) is 10.6. The first-order valence-corrected chi connectivity index (χ1v) is 5.54. The Kier molecular flexibility index (Phi) is 5.27. The van der Waals surface area contributed by atoms with E-state index in [1.165, 1.54) is 7.11 Å². The molecule has 0 saturated carbocycles. The molecule has 0 aliphatic carbocycles. The molecular weight excluding hydrogens is 268 g/mol. The van der Waals surface area contributed by atoms with Crippen LogP contribution in [0.2, 0.25) is 5.02 Å². The lowest BCUT2D eigenvalue weighted by molar-refractivity contribution is -0.142. The van der Waals surface area contributed by atoms with Crippen molar-refractivity contribution in [3.63, 3.8) is 0 Å². The van der Waals surface area contributed by atoms with Crippen molar-refractivity contribution < 1.29 is 23.0 Å². The molecule has 0 amide bonds. The Labute approximate surface area is 108 Å². The van der Waals surface area contributed by atoms with Crippen LogP contribution in [0.1, 0.15) is 24.5 Å². The van der Waals surface area contributed by atoms with Crippen LogP contribution >= 0.6 is 11.6 Å². The highest BCUT2D eigenvalue weighted by Gasteiger charge is 2.22. The number of methoxy groups -OCH3 is 1. The summed E-state index contributed by atoms with van der Waals surface area (Å²) in [5.41, 5.74) is -0.411.